The molecule has 0 fully saturated rings. The molecule has 0 aliphatic heterocycles. The second kappa shape index (κ2) is 10.6. The number of nitrogens with one attached hydrogen (secondary N) is 1. The molecular formula is C22H19Cl2N3O3. The minimum absolute atomic E-state index is 0.311. The van der Waals surface area contributed by atoms with Gasteiger partial charge in [-0.25, -0.2) is 5.43 Å². The smallest absolute Gasteiger partial charge is 0.272 e. The van der Waals surface area contributed by atoms with Gasteiger partial charge in [-0.1, -0.05) is 35.3 Å². The second-order valence-corrected chi connectivity index (χ2v) is 6.96. The first-order chi connectivity index (χ1) is 14.6. The zero-order valence-electron chi connectivity index (χ0n) is 16.1. The number of carbonyl (C=O) groups excluding carboxylic acids is 1. The lowest BCUT2D eigenvalue weighted by Gasteiger charge is -2.14. The molecule has 0 spiro atoms. The summed E-state index contributed by atoms with van der Waals surface area (Å²) < 4.78 is 11.6. The third-order valence-corrected chi connectivity index (χ3v) is 4.46. The van der Waals surface area contributed by atoms with Gasteiger partial charge in [-0.15, -0.1) is 0 Å². The number of hydrogen-bond acceptors (Lipinski definition) is 5. The Kier molecular flexibility index (Phi) is 7.65. The third kappa shape index (κ3) is 5.95. The molecule has 0 unspecified atom stereocenters. The summed E-state index contributed by atoms with van der Waals surface area (Å²) in [6, 6.07) is 14.1. The highest BCUT2D eigenvalue weighted by Crippen LogP contribution is 2.37. The van der Waals surface area contributed by atoms with Crippen LogP contribution in [0.15, 0.2) is 66.0 Å². The Morgan fingerprint density at radius 2 is 1.97 bits per heavy atom. The molecule has 0 radical (unpaired) electrons. The summed E-state index contributed by atoms with van der Waals surface area (Å²) in [6.45, 7) is 2.61. The van der Waals surface area contributed by atoms with Crippen LogP contribution in [0.4, 0.5) is 0 Å². The van der Waals surface area contributed by atoms with Gasteiger partial charge in [-0.3, -0.25) is 9.78 Å². The molecule has 1 heterocycles. The lowest BCUT2D eigenvalue weighted by atomic mass is 10.2. The van der Waals surface area contributed by atoms with Crippen LogP contribution in [0.5, 0.6) is 11.5 Å². The molecule has 1 N–H and O–H groups in total. The summed E-state index contributed by atoms with van der Waals surface area (Å²) in [4.78, 5) is 15.9. The Hall–Kier alpha value is -3.09. The van der Waals surface area contributed by atoms with E-state index in [2.05, 4.69) is 15.5 Å². The molecule has 0 bridgehead atoms. The summed E-state index contributed by atoms with van der Waals surface area (Å²) in [5.74, 6) is 0.558. The molecule has 0 saturated heterocycles. The van der Waals surface area contributed by atoms with Gasteiger partial charge in [0.25, 0.3) is 5.91 Å². The fourth-order valence-electron chi connectivity index (χ4n) is 2.53. The van der Waals surface area contributed by atoms with Crippen molar-refractivity contribution in [2.75, 3.05) is 6.61 Å². The Morgan fingerprint density at radius 3 is 2.67 bits per heavy atom. The molecule has 0 aliphatic rings. The minimum atomic E-state index is -0.363. The highest BCUT2D eigenvalue weighted by atomic mass is 35.5. The number of ether oxygens (including phenoxy) is 2. The van der Waals surface area contributed by atoms with Crippen LogP contribution in [-0.4, -0.2) is 23.7 Å². The quantitative estimate of drug-likeness (QED) is 0.386. The lowest BCUT2D eigenvalue weighted by Crippen LogP contribution is -2.17. The van der Waals surface area contributed by atoms with Crippen LogP contribution >= 0.6 is 23.2 Å². The summed E-state index contributed by atoms with van der Waals surface area (Å²) in [5.41, 5.74) is 4.45. The van der Waals surface area contributed by atoms with Crippen molar-refractivity contribution in [1.82, 2.24) is 10.4 Å². The van der Waals surface area contributed by atoms with Crippen molar-refractivity contribution in [3.05, 3.63) is 87.7 Å². The standard InChI is InChI=1S/C22H19Cl2N3O3/c1-2-29-20-11-16(12-26-27-22(28)17-4-3-9-25-13-17)10-19(24)21(20)30-14-15-5-7-18(23)8-6-15/h3-13H,2,14H2,1H3,(H,27,28)/b26-12-. The van der Waals surface area contributed by atoms with E-state index in [1.807, 2.05) is 19.1 Å². The van der Waals surface area contributed by atoms with Crippen molar-refractivity contribution < 1.29 is 14.3 Å². The van der Waals surface area contributed by atoms with E-state index in [1.54, 1.807) is 42.6 Å². The van der Waals surface area contributed by atoms with Crippen LogP contribution in [0.3, 0.4) is 0 Å². The minimum Gasteiger partial charge on any atom is -0.490 e. The maximum atomic E-state index is 12.0. The number of hydrazone groups is 1. The van der Waals surface area contributed by atoms with Crippen molar-refractivity contribution >= 4 is 35.3 Å². The topological polar surface area (TPSA) is 72.8 Å². The normalized spacial score (nSPS) is 10.8. The van der Waals surface area contributed by atoms with Crippen molar-refractivity contribution in [2.45, 2.75) is 13.5 Å². The van der Waals surface area contributed by atoms with Crippen molar-refractivity contribution in [3.8, 4) is 11.5 Å². The van der Waals surface area contributed by atoms with Gasteiger partial charge in [0.05, 0.1) is 23.4 Å². The Balaban J connectivity index is 1.71. The number of halogens is 2. The Labute approximate surface area is 184 Å². The highest BCUT2D eigenvalue weighted by Gasteiger charge is 2.13. The predicted octanol–water partition coefficient (Wildman–Crippen LogP) is 5.13. The molecule has 3 aromatic rings. The van der Waals surface area contributed by atoms with Crippen molar-refractivity contribution in [3.63, 3.8) is 0 Å². The molecule has 0 aliphatic carbocycles. The van der Waals surface area contributed by atoms with E-state index < -0.39 is 0 Å². The van der Waals surface area contributed by atoms with Gasteiger partial charge in [0.2, 0.25) is 0 Å². The third-order valence-electron chi connectivity index (χ3n) is 3.93. The fourth-order valence-corrected chi connectivity index (χ4v) is 2.93. The van der Waals surface area contributed by atoms with Gasteiger partial charge in [0, 0.05) is 17.4 Å². The molecule has 154 valence electrons. The van der Waals surface area contributed by atoms with Gasteiger partial charge in [-0.05, 0) is 54.4 Å². The van der Waals surface area contributed by atoms with E-state index in [-0.39, 0.29) is 5.91 Å². The molecule has 8 heteroatoms. The average Bonchev–Trinajstić information content (AvgIpc) is 2.75. The van der Waals surface area contributed by atoms with E-state index in [0.29, 0.717) is 45.9 Å². The van der Waals surface area contributed by atoms with Gasteiger partial charge >= 0.3 is 0 Å². The number of carbonyl (C=O) groups is 1. The number of rotatable bonds is 8. The first-order valence-electron chi connectivity index (χ1n) is 9.14. The van der Waals surface area contributed by atoms with E-state index in [0.717, 1.165) is 5.56 Å². The molecule has 3 rings (SSSR count). The SMILES string of the molecule is CCOc1cc(/C=N\NC(=O)c2cccnc2)cc(Cl)c1OCc1ccc(Cl)cc1. The van der Waals surface area contributed by atoms with Crippen molar-refractivity contribution in [2.24, 2.45) is 5.10 Å². The summed E-state index contributed by atoms with van der Waals surface area (Å²) in [7, 11) is 0. The maximum absolute atomic E-state index is 12.0. The average molecular weight is 444 g/mol. The number of hydrogen-bond donors (Lipinski definition) is 1. The first kappa shape index (κ1) is 21.6. The van der Waals surface area contributed by atoms with Crippen LogP contribution in [0.25, 0.3) is 0 Å². The van der Waals surface area contributed by atoms with Gasteiger partial charge in [-0.2, -0.15) is 5.10 Å². The molecule has 1 amide bonds. The monoisotopic (exact) mass is 443 g/mol. The summed E-state index contributed by atoms with van der Waals surface area (Å²) in [6.07, 6.45) is 4.53. The molecule has 1 aromatic heterocycles. The molecule has 2 aromatic carbocycles. The second-order valence-electron chi connectivity index (χ2n) is 6.12. The zero-order valence-corrected chi connectivity index (χ0v) is 17.7. The van der Waals surface area contributed by atoms with Gasteiger partial charge in [0.15, 0.2) is 11.5 Å². The molecule has 0 atom stereocenters. The summed E-state index contributed by atoms with van der Waals surface area (Å²) >= 11 is 12.3. The highest BCUT2D eigenvalue weighted by molar-refractivity contribution is 6.32. The number of benzene rings is 2. The molecule has 6 nitrogen and oxygen atoms in total. The number of nitrogens with zero attached hydrogens (tertiary/aromatic N) is 2. The van der Waals surface area contributed by atoms with E-state index in [9.17, 15) is 4.79 Å². The zero-order chi connectivity index (χ0) is 21.3. The van der Waals surface area contributed by atoms with Crippen LogP contribution in [0.1, 0.15) is 28.4 Å². The van der Waals surface area contributed by atoms with Crippen LogP contribution in [-0.2, 0) is 6.61 Å². The lowest BCUT2D eigenvalue weighted by molar-refractivity contribution is 0.0955. The van der Waals surface area contributed by atoms with E-state index in [1.165, 1.54) is 12.4 Å². The van der Waals surface area contributed by atoms with Gasteiger partial charge in [0.1, 0.15) is 6.61 Å². The molecule has 30 heavy (non-hydrogen) atoms. The maximum Gasteiger partial charge on any atom is 0.272 e. The van der Waals surface area contributed by atoms with E-state index in [4.69, 9.17) is 32.7 Å². The van der Waals surface area contributed by atoms with Crippen LogP contribution < -0.4 is 14.9 Å². The number of aromatic nitrogens is 1. The van der Waals surface area contributed by atoms with Gasteiger partial charge < -0.3 is 9.47 Å². The van der Waals surface area contributed by atoms with E-state index >= 15 is 0 Å². The summed E-state index contributed by atoms with van der Waals surface area (Å²) in [5, 5.41) is 5.00. The van der Waals surface area contributed by atoms with Crippen molar-refractivity contribution in [1.29, 1.82) is 0 Å². The Morgan fingerprint density at radius 1 is 1.17 bits per heavy atom. The van der Waals surface area contributed by atoms with Crippen LogP contribution in [0.2, 0.25) is 10.0 Å². The fraction of sp³-hybridized carbons (Fsp3) is 0.136. The van der Waals surface area contributed by atoms with Crippen LogP contribution in [0, 0.1) is 0 Å². The Bertz CT molecular complexity index is 1030. The predicted molar refractivity (Wildman–Crippen MR) is 118 cm³/mol. The molecular weight excluding hydrogens is 425 g/mol. The molecule has 0 saturated carbocycles. The first-order valence-corrected chi connectivity index (χ1v) is 9.89. The largest absolute Gasteiger partial charge is 0.490 e. The number of amides is 1. The number of pyridine rings is 1.